The van der Waals surface area contributed by atoms with E-state index in [0.717, 1.165) is 5.56 Å². The minimum atomic E-state index is -0.441. The summed E-state index contributed by atoms with van der Waals surface area (Å²) in [6.45, 7) is 0. The molecule has 0 spiro atoms. The molecular weight excluding hydrogens is 192 g/mol. The van der Waals surface area contributed by atoms with Crippen molar-refractivity contribution in [3.8, 4) is 6.07 Å². The van der Waals surface area contributed by atoms with Crippen molar-refractivity contribution in [2.45, 2.75) is 0 Å². The molecule has 0 fully saturated rings. The zero-order chi connectivity index (χ0) is 11.1. The smallest absolute Gasteiger partial charge is 0.258 e. The van der Waals surface area contributed by atoms with Crippen LogP contribution in [0.25, 0.3) is 6.08 Å². The van der Waals surface area contributed by atoms with Crippen LogP contribution in [0.1, 0.15) is 5.56 Å². The predicted molar refractivity (Wildman–Crippen MR) is 56.9 cm³/mol. The molecule has 0 saturated heterocycles. The summed E-state index contributed by atoms with van der Waals surface area (Å²) in [6.07, 6.45) is 6.41. The van der Waals surface area contributed by atoms with Crippen LogP contribution < -0.4 is 0 Å². The normalized spacial score (nSPS) is 10.6. The molecule has 0 amide bonds. The third kappa shape index (κ3) is 3.44. The molecule has 1 aromatic carbocycles. The Morgan fingerprint density at radius 2 is 1.93 bits per heavy atom. The standard InChI is InChI=1S/C11H8N2O2/c12-9-3-1-2-4-10-5-7-11(8-6-10)13(14)15/h1-8H/b3-1+,4-2+. The van der Waals surface area contributed by atoms with Crippen molar-refractivity contribution >= 4 is 11.8 Å². The lowest BCUT2D eigenvalue weighted by molar-refractivity contribution is -0.384. The molecule has 0 aliphatic rings. The van der Waals surface area contributed by atoms with Crippen LogP contribution in [0.2, 0.25) is 0 Å². The third-order valence-electron chi connectivity index (χ3n) is 1.67. The highest BCUT2D eigenvalue weighted by Crippen LogP contribution is 2.12. The first-order valence-corrected chi connectivity index (χ1v) is 4.21. The van der Waals surface area contributed by atoms with Crippen molar-refractivity contribution in [1.29, 1.82) is 5.26 Å². The van der Waals surface area contributed by atoms with E-state index in [-0.39, 0.29) is 5.69 Å². The lowest BCUT2D eigenvalue weighted by Crippen LogP contribution is -1.86. The number of hydrogen-bond acceptors (Lipinski definition) is 3. The van der Waals surface area contributed by atoms with Crippen molar-refractivity contribution in [2.75, 3.05) is 0 Å². The number of hydrogen-bond donors (Lipinski definition) is 0. The van der Waals surface area contributed by atoms with E-state index in [1.165, 1.54) is 18.2 Å². The lowest BCUT2D eigenvalue weighted by atomic mass is 10.2. The number of non-ortho nitro benzene ring substituents is 1. The minimum absolute atomic E-state index is 0.0692. The Bertz CT molecular complexity index is 439. The van der Waals surface area contributed by atoms with Crippen LogP contribution in [0.4, 0.5) is 5.69 Å². The Morgan fingerprint density at radius 1 is 1.27 bits per heavy atom. The lowest BCUT2D eigenvalue weighted by Gasteiger charge is -1.92. The van der Waals surface area contributed by atoms with Crippen molar-refractivity contribution in [3.63, 3.8) is 0 Å². The molecule has 1 aromatic rings. The number of nitro benzene ring substituents is 1. The molecule has 15 heavy (non-hydrogen) atoms. The van der Waals surface area contributed by atoms with Gasteiger partial charge in [0.15, 0.2) is 0 Å². The second-order valence-electron chi connectivity index (χ2n) is 2.70. The van der Waals surface area contributed by atoms with Crippen LogP contribution in [0, 0.1) is 21.4 Å². The number of allylic oxidation sites excluding steroid dienone is 3. The summed E-state index contributed by atoms with van der Waals surface area (Å²) in [7, 11) is 0. The summed E-state index contributed by atoms with van der Waals surface area (Å²) in [4.78, 5) is 9.91. The predicted octanol–water partition coefficient (Wildman–Crippen LogP) is 2.69. The summed E-state index contributed by atoms with van der Waals surface area (Å²) in [5.41, 5.74) is 0.919. The first-order valence-electron chi connectivity index (χ1n) is 4.21. The van der Waals surface area contributed by atoms with Crippen molar-refractivity contribution < 1.29 is 4.92 Å². The molecule has 0 aliphatic heterocycles. The summed E-state index contributed by atoms with van der Waals surface area (Å²) >= 11 is 0. The van der Waals surface area contributed by atoms with Gasteiger partial charge in [-0.3, -0.25) is 10.1 Å². The fraction of sp³-hybridized carbons (Fsp3) is 0. The van der Waals surface area contributed by atoms with Gasteiger partial charge in [0.1, 0.15) is 0 Å². The monoisotopic (exact) mass is 200 g/mol. The van der Waals surface area contributed by atoms with Crippen LogP contribution in [0.5, 0.6) is 0 Å². The van der Waals surface area contributed by atoms with Gasteiger partial charge in [0, 0.05) is 18.2 Å². The number of benzene rings is 1. The number of nitro groups is 1. The van der Waals surface area contributed by atoms with Gasteiger partial charge in [0.05, 0.1) is 11.0 Å². The van der Waals surface area contributed by atoms with Gasteiger partial charge in [0.2, 0.25) is 0 Å². The molecular formula is C11H8N2O2. The molecule has 74 valence electrons. The molecule has 1 rings (SSSR count). The molecule has 0 aromatic heterocycles. The summed E-state index contributed by atoms with van der Waals surface area (Å²) in [5.74, 6) is 0. The van der Waals surface area contributed by atoms with Crippen LogP contribution in [0.15, 0.2) is 42.5 Å². The van der Waals surface area contributed by atoms with E-state index in [0.29, 0.717) is 0 Å². The van der Waals surface area contributed by atoms with E-state index in [9.17, 15) is 10.1 Å². The minimum Gasteiger partial charge on any atom is -0.258 e. The number of nitrogens with zero attached hydrogens (tertiary/aromatic N) is 2. The summed E-state index contributed by atoms with van der Waals surface area (Å²) in [5, 5.41) is 18.6. The van der Waals surface area contributed by atoms with E-state index in [1.807, 2.05) is 6.07 Å². The number of nitriles is 1. The van der Waals surface area contributed by atoms with Gasteiger partial charge in [-0.25, -0.2) is 0 Å². The maximum Gasteiger partial charge on any atom is 0.269 e. The molecule has 0 radical (unpaired) electrons. The largest absolute Gasteiger partial charge is 0.269 e. The molecule has 4 nitrogen and oxygen atoms in total. The molecule has 0 bridgehead atoms. The summed E-state index contributed by atoms with van der Waals surface area (Å²) in [6, 6.07) is 8.03. The van der Waals surface area contributed by atoms with Gasteiger partial charge in [-0.1, -0.05) is 18.2 Å². The molecule has 0 saturated carbocycles. The number of rotatable bonds is 3. The first kappa shape index (κ1) is 10.7. The van der Waals surface area contributed by atoms with E-state index < -0.39 is 4.92 Å². The Balaban J connectivity index is 2.73. The van der Waals surface area contributed by atoms with Crippen molar-refractivity contribution in [2.24, 2.45) is 0 Å². The van der Waals surface area contributed by atoms with Crippen LogP contribution in [-0.4, -0.2) is 4.92 Å². The van der Waals surface area contributed by atoms with E-state index in [4.69, 9.17) is 5.26 Å². The quantitative estimate of drug-likeness (QED) is 0.326. The van der Waals surface area contributed by atoms with E-state index in [2.05, 4.69) is 0 Å². The topological polar surface area (TPSA) is 66.9 Å². The molecule has 0 N–H and O–H groups in total. The van der Waals surface area contributed by atoms with Crippen LogP contribution >= 0.6 is 0 Å². The molecule has 0 atom stereocenters. The summed E-state index contributed by atoms with van der Waals surface area (Å²) < 4.78 is 0. The van der Waals surface area contributed by atoms with E-state index >= 15 is 0 Å². The Morgan fingerprint density at radius 3 is 2.47 bits per heavy atom. The van der Waals surface area contributed by atoms with Gasteiger partial charge in [-0.2, -0.15) is 5.26 Å². The second kappa shape index (κ2) is 5.35. The van der Waals surface area contributed by atoms with Gasteiger partial charge < -0.3 is 0 Å². The highest BCUT2D eigenvalue weighted by atomic mass is 16.6. The second-order valence-corrected chi connectivity index (χ2v) is 2.70. The van der Waals surface area contributed by atoms with E-state index in [1.54, 1.807) is 30.4 Å². The van der Waals surface area contributed by atoms with Crippen molar-refractivity contribution in [1.82, 2.24) is 0 Å². The zero-order valence-corrected chi connectivity index (χ0v) is 7.83. The van der Waals surface area contributed by atoms with Gasteiger partial charge >= 0.3 is 0 Å². The van der Waals surface area contributed by atoms with Gasteiger partial charge in [0.25, 0.3) is 5.69 Å². The van der Waals surface area contributed by atoms with Gasteiger partial charge in [-0.05, 0) is 17.7 Å². The highest BCUT2D eigenvalue weighted by molar-refractivity contribution is 5.53. The Labute approximate surface area is 86.9 Å². The fourth-order valence-electron chi connectivity index (χ4n) is 0.972. The van der Waals surface area contributed by atoms with Gasteiger partial charge in [-0.15, -0.1) is 0 Å². The SMILES string of the molecule is N#C/C=C/C=C/c1ccc([N+](=O)[O-])cc1. The fourth-order valence-corrected chi connectivity index (χ4v) is 0.972. The molecule has 0 heterocycles. The highest BCUT2D eigenvalue weighted by Gasteiger charge is 2.01. The van der Waals surface area contributed by atoms with Crippen LogP contribution in [0.3, 0.4) is 0 Å². The maximum atomic E-state index is 10.4. The Hall–Kier alpha value is -2.41. The third-order valence-corrected chi connectivity index (χ3v) is 1.67. The molecule has 0 unspecified atom stereocenters. The Kier molecular flexibility index (Phi) is 3.80. The zero-order valence-electron chi connectivity index (χ0n) is 7.83. The van der Waals surface area contributed by atoms with Crippen LogP contribution in [-0.2, 0) is 0 Å². The maximum absolute atomic E-state index is 10.4. The first-order chi connectivity index (χ1) is 7.24. The molecule has 4 heteroatoms. The molecule has 0 aliphatic carbocycles. The average Bonchev–Trinajstić information content (AvgIpc) is 2.25. The average molecular weight is 200 g/mol. The van der Waals surface area contributed by atoms with Crippen molar-refractivity contribution in [3.05, 3.63) is 58.2 Å².